The fraction of sp³-hybridized carbons (Fsp3) is 0.500. The van der Waals surface area contributed by atoms with Crippen molar-refractivity contribution in [2.75, 3.05) is 44.2 Å². The van der Waals surface area contributed by atoms with Gasteiger partial charge >= 0.3 is 6.03 Å². The molecule has 4 rings (SSSR count). The number of hydrogen-bond donors (Lipinski definition) is 1. The first-order chi connectivity index (χ1) is 15.0. The Kier molecular flexibility index (Phi) is 6.70. The highest BCUT2D eigenvalue weighted by Crippen LogP contribution is 2.25. The Morgan fingerprint density at radius 1 is 1.19 bits per heavy atom. The Balaban J connectivity index is 1.29. The number of rotatable bonds is 4. The number of benzene rings is 1. The fourth-order valence-electron chi connectivity index (χ4n) is 4.59. The molecule has 7 heteroatoms. The van der Waals surface area contributed by atoms with Crippen LogP contribution in [0.25, 0.3) is 0 Å². The highest BCUT2D eigenvalue weighted by Gasteiger charge is 2.28. The summed E-state index contributed by atoms with van der Waals surface area (Å²) in [6.45, 7) is 8.72. The van der Waals surface area contributed by atoms with Gasteiger partial charge in [0.1, 0.15) is 5.82 Å². The molecule has 2 unspecified atom stereocenters. The van der Waals surface area contributed by atoms with Crippen molar-refractivity contribution in [3.05, 3.63) is 59.7 Å². The summed E-state index contributed by atoms with van der Waals surface area (Å²) in [6, 6.07) is 9.58. The minimum absolute atomic E-state index is 0.00903. The van der Waals surface area contributed by atoms with Crippen LogP contribution in [0.15, 0.2) is 42.7 Å². The summed E-state index contributed by atoms with van der Waals surface area (Å²) < 4.78 is 14.3. The number of piperazine rings is 1. The molecule has 31 heavy (non-hydrogen) atoms. The van der Waals surface area contributed by atoms with Gasteiger partial charge in [-0.2, -0.15) is 0 Å². The third kappa shape index (κ3) is 5.15. The average molecular weight is 426 g/mol. The molecule has 2 aromatic rings. The van der Waals surface area contributed by atoms with E-state index < -0.39 is 0 Å². The Hall–Kier alpha value is -2.67. The molecule has 166 valence electrons. The van der Waals surface area contributed by atoms with E-state index in [1.165, 1.54) is 11.6 Å². The number of nitrogens with one attached hydrogen (secondary N) is 1. The number of aryl methyl sites for hydroxylation is 1. The van der Waals surface area contributed by atoms with Crippen LogP contribution in [0.2, 0.25) is 0 Å². The minimum atomic E-state index is -0.198. The first-order valence-electron chi connectivity index (χ1n) is 11.2. The Labute approximate surface area is 184 Å². The van der Waals surface area contributed by atoms with Crippen molar-refractivity contribution >= 4 is 11.7 Å². The molecule has 3 heterocycles. The second kappa shape index (κ2) is 9.64. The predicted molar refractivity (Wildman–Crippen MR) is 121 cm³/mol. The molecule has 1 aromatic carbocycles. The van der Waals surface area contributed by atoms with Gasteiger partial charge in [0.25, 0.3) is 0 Å². The van der Waals surface area contributed by atoms with Gasteiger partial charge < -0.3 is 15.1 Å². The summed E-state index contributed by atoms with van der Waals surface area (Å²) in [5.41, 5.74) is 2.88. The number of aromatic nitrogens is 1. The Bertz CT molecular complexity index is 885. The van der Waals surface area contributed by atoms with E-state index in [0.29, 0.717) is 25.3 Å². The summed E-state index contributed by atoms with van der Waals surface area (Å²) >= 11 is 0. The third-order valence-corrected chi connectivity index (χ3v) is 6.51. The number of halogens is 1. The highest BCUT2D eigenvalue weighted by molar-refractivity contribution is 5.74. The second-order valence-electron chi connectivity index (χ2n) is 8.67. The number of carbonyl (C=O) groups is 1. The van der Waals surface area contributed by atoms with Crippen LogP contribution >= 0.6 is 0 Å². The molecule has 2 atom stereocenters. The van der Waals surface area contributed by atoms with Crippen molar-refractivity contribution in [3.63, 3.8) is 0 Å². The van der Waals surface area contributed by atoms with E-state index in [9.17, 15) is 9.18 Å². The molecule has 0 saturated carbocycles. The molecule has 2 aliphatic rings. The molecule has 0 aliphatic carbocycles. The van der Waals surface area contributed by atoms with Gasteiger partial charge in [0.15, 0.2) is 0 Å². The molecule has 2 fully saturated rings. The summed E-state index contributed by atoms with van der Waals surface area (Å²) in [4.78, 5) is 23.4. The third-order valence-electron chi connectivity index (χ3n) is 6.51. The largest absolute Gasteiger partial charge is 0.367 e. The van der Waals surface area contributed by atoms with E-state index >= 15 is 0 Å². The lowest BCUT2D eigenvalue weighted by molar-refractivity contribution is 0.112. The van der Waals surface area contributed by atoms with E-state index in [2.05, 4.69) is 33.1 Å². The number of nitrogens with zero attached hydrogens (tertiary/aromatic N) is 4. The van der Waals surface area contributed by atoms with Crippen molar-refractivity contribution in [1.29, 1.82) is 0 Å². The molecule has 6 nitrogen and oxygen atoms in total. The van der Waals surface area contributed by atoms with Crippen LogP contribution in [0.5, 0.6) is 0 Å². The molecule has 2 saturated heterocycles. The highest BCUT2D eigenvalue weighted by atomic mass is 19.1. The van der Waals surface area contributed by atoms with Crippen LogP contribution in [0.3, 0.4) is 0 Å². The Morgan fingerprint density at radius 3 is 2.74 bits per heavy atom. The van der Waals surface area contributed by atoms with E-state index in [-0.39, 0.29) is 23.9 Å². The van der Waals surface area contributed by atoms with E-state index in [1.54, 1.807) is 12.3 Å². The monoisotopic (exact) mass is 425 g/mol. The van der Waals surface area contributed by atoms with Crippen LogP contribution in [-0.4, -0.2) is 66.1 Å². The van der Waals surface area contributed by atoms with Crippen LogP contribution in [0.1, 0.15) is 36.9 Å². The molecule has 0 spiro atoms. The summed E-state index contributed by atoms with van der Waals surface area (Å²) in [5.74, 6) is -0.198. The number of pyridine rings is 1. The predicted octanol–water partition coefficient (Wildman–Crippen LogP) is 3.59. The van der Waals surface area contributed by atoms with Gasteiger partial charge in [-0.3, -0.25) is 9.88 Å². The van der Waals surface area contributed by atoms with Crippen LogP contribution in [0.4, 0.5) is 14.9 Å². The SMILES string of the molecule is Cc1ccc(F)c(N2CCCC(NC(=O)N3CCN(C(C)c4cccnc4)CC3)C2)c1. The first kappa shape index (κ1) is 21.6. The van der Waals surface area contributed by atoms with Gasteiger partial charge in [-0.05, 0) is 56.0 Å². The summed E-state index contributed by atoms with van der Waals surface area (Å²) in [6.07, 6.45) is 5.57. The Morgan fingerprint density at radius 2 is 2.00 bits per heavy atom. The zero-order valence-electron chi connectivity index (χ0n) is 18.4. The number of carbonyl (C=O) groups excluding carboxylic acids is 1. The number of amides is 2. The maximum atomic E-state index is 14.3. The van der Waals surface area contributed by atoms with Gasteiger partial charge in [0.05, 0.1) is 5.69 Å². The van der Waals surface area contributed by atoms with Crippen LogP contribution in [-0.2, 0) is 0 Å². The molecule has 2 aliphatic heterocycles. The van der Waals surface area contributed by atoms with Crippen LogP contribution in [0, 0.1) is 12.7 Å². The molecule has 1 N–H and O–H groups in total. The first-order valence-corrected chi connectivity index (χ1v) is 11.2. The quantitative estimate of drug-likeness (QED) is 0.814. The van der Waals surface area contributed by atoms with Gasteiger partial charge in [0, 0.05) is 63.7 Å². The van der Waals surface area contributed by atoms with E-state index in [1.807, 2.05) is 30.2 Å². The molecule has 1 aromatic heterocycles. The zero-order chi connectivity index (χ0) is 21.8. The minimum Gasteiger partial charge on any atom is -0.367 e. The lowest BCUT2D eigenvalue weighted by Gasteiger charge is -2.40. The lowest BCUT2D eigenvalue weighted by Crippen LogP contribution is -2.56. The second-order valence-corrected chi connectivity index (χ2v) is 8.67. The van der Waals surface area contributed by atoms with E-state index in [4.69, 9.17) is 0 Å². The van der Waals surface area contributed by atoms with Gasteiger partial charge in [-0.15, -0.1) is 0 Å². The summed E-state index contributed by atoms with van der Waals surface area (Å²) in [5, 5.41) is 3.19. The topological polar surface area (TPSA) is 51.7 Å². The van der Waals surface area contributed by atoms with Crippen molar-refractivity contribution in [3.8, 4) is 0 Å². The maximum Gasteiger partial charge on any atom is 0.317 e. The molecular weight excluding hydrogens is 393 g/mol. The zero-order valence-corrected chi connectivity index (χ0v) is 18.4. The average Bonchev–Trinajstić information content (AvgIpc) is 2.81. The molecular formula is C24H32FN5O. The normalized spacial score (nSPS) is 21.1. The fourth-order valence-corrected chi connectivity index (χ4v) is 4.59. The molecule has 0 bridgehead atoms. The summed E-state index contributed by atoms with van der Waals surface area (Å²) in [7, 11) is 0. The lowest BCUT2D eigenvalue weighted by atomic mass is 10.0. The number of hydrogen-bond acceptors (Lipinski definition) is 4. The van der Waals surface area contributed by atoms with Gasteiger partial charge in [-0.25, -0.2) is 9.18 Å². The van der Waals surface area contributed by atoms with Crippen molar-refractivity contribution < 1.29 is 9.18 Å². The number of piperidine rings is 1. The van der Waals surface area contributed by atoms with Gasteiger partial charge in [-0.1, -0.05) is 12.1 Å². The number of urea groups is 1. The van der Waals surface area contributed by atoms with Crippen LogP contribution < -0.4 is 10.2 Å². The van der Waals surface area contributed by atoms with Crippen molar-refractivity contribution in [2.45, 2.75) is 38.8 Å². The van der Waals surface area contributed by atoms with Crippen molar-refractivity contribution in [1.82, 2.24) is 20.1 Å². The molecule has 0 radical (unpaired) electrons. The number of anilines is 1. The van der Waals surface area contributed by atoms with Crippen molar-refractivity contribution in [2.24, 2.45) is 0 Å². The standard InChI is InChI=1S/C24H32FN5O/c1-18-7-8-22(25)23(15-18)30-10-4-6-21(17-30)27-24(31)29-13-11-28(12-14-29)19(2)20-5-3-9-26-16-20/h3,5,7-9,15-16,19,21H,4,6,10-14,17H2,1-2H3,(H,27,31). The smallest absolute Gasteiger partial charge is 0.317 e. The van der Waals surface area contributed by atoms with Gasteiger partial charge in [0.2, 0.25) is 0 Å². The van der Waals surface area contributed by atoms with E-state index in [0.717, 1.165) is 38.0 Å². The molecule has 2 amide bonds. The maximum absolute atomic E-state index is 14.3.